The van der Waals surface area contributed by atoms with Gasteiger partial charge in [-0.1, -0.05) is 31.2 Å². The molecule has 0 radical (unpaired) electrons. The van der Waals surface area contributed by atoms with Gasteiger partial charge in [0.05, 0.1) is 40.7 Å². The molecule has 9 nitrogen and oxygen atoms in total. The zero-order valence-corrected chi connectivity index (χ0v) is 26.0. The van der Waals surface area contributed by atoms with Crippen LogP contribution in [0.4, 0.5) is 4.39 Å². The van der Waals surface area contributed by atoms with Crippen molar-refractivity contribution >= 4 is 41.7 Å². The van der Waals surface area contributed by atoms with Crippen molar-refractivity contribution in [1.29, 1.82) is 0 Å². The van der Waals surface area contributed by atoms with Crippen LogP contribution in [0.1, 0.15) is 18.3 Å². The summed E-state index contributed by atoms with van der Waals surface area (Å²) in [5.74, 6) is 1.97. The summed E-state index contributed by atoms with van der Waals surface area (Å²) in [6.45, 7) is 11.3. The van der Waals surface area contributed by atoms with Crippen LogP contribution in [0.5, 0.6) is 11.5 Å². The third-order valence-electron chi connectivity index (χ3n) is 7.58. The van der Waals surface area contributed by atoms with Crippen LogP contribution in [0, 0.1) is 6.92 Å². The minimum Gasteiger partial charge on any atom is -0.456 e. The number of piperidine rings is 1. The van der Waals surface area contributed by atoms with E-state index in [2.05, 4.69) is 44.6 Å². The Labute approximate surface area is 250 Å². The van der Waals surface area contributed by atoms with Gasteiger partial charge in [-0.15, -0.1) is 0 Å². The largest absolute Gasteiger partial charge is 0.456 e. The number of alkyl halides is 1. The first-order chi connectivity index (χ1) is 20.2. The van der Waals surface area contributed by atoms with Crippen LogP contribution in [0.15, 0.2) is 48.9 Å². The van der Waals surface area contributed by atoms with Gasteiger partial charge in [-0.05, 0) is 50.2 Å². The highest BCUT2D eigenvalue weighted by atomic mass is 35.5. The van der Waals surface area contributed by atoms with Gasteiger partial charge in [-0.25, -0.2) is 14.4 Å². The summed E-state index contributed by atoms with van der Waals surface area (Å²) in [6, 6.07) is 10.2. The molecule has 1 N–H and O–H groups in total. The first kappa shape index (κ1) is 28.7. The van der Waals surface area contributed by atoms with Gasteiger partial charge in [0.15, 0.2) is 0 Å². The molecule has 0 unspecified atom stereocenters. The highest BCUT2D eigenvalue weighted by Gasteiger charge is 2.27. The highest BCUT2D eigenvalue weighted by Crippen LogP contribution is 2.36. The number of aromatic nitrogens is 6. The number of benzene rings is 2. The predicted octanol–water partition coefficient (Wildman–Crippen LogP) is 6.78. The van der Waals surface area contributed by atoms with Crippen molar-refractivity contribution in [3.8, 4) is 22.8 Å². The fourth-order valence-electron chi connectivity index (χ4n) is 5.11. The number of ether oxygens (including phenoxy) is 2. The van der Waals surface area contributed by atoms with Crippen molar-refractivity contribution in [1.82, 2.24) is 34.6 Å². The summed E-state index contributed by atoms with van der Waals surface area (Å²) in [4.78, 5) is 14.0. The van der Waals surface area contributed by atoms with E-state index >= 15 is 0 Å². The van der Waals surface area contributed by atoms with Gasteiger partial charge in [0, 0.05) is 39.1 Å². The molecule has 2 atom stereocenters. The minimum absolute atomic E-state index is 0.300. The molecular weight excluding hydrogens is 573 g/mol. The van der Waals surface area contributed by atoms with Crippen LogP contribution in [0.2, 0.25) is 30.7 Å². The Morgan fingerprint density at radius 2 is 1.95 bits per heavy atom. The molecule has 0 spiro atoms. The predicted molar refractivity (Wildman–Crippen MR) is 166 cm³/mol. The lowest BCUT2D eigenvalue weighted by atomic mass is 10.1. The summed E-state index contributed by atoms with van der Waals surface area (Å²) >= 11 is 6.83. The van der Waals surface area contributed by atoms with Gasteiger partial charge in [0.25, 0.3) is 0 Å². The number of fused-ring (bicyclic) bond motifs is 2. The number of rotatable bonds is 9. The summed E-state index contributed by atoms with van der Waals surface area (Å²) < 4.78 is 30.5. The lowest BCUT2D eigenvalue weighted by molar-refractivity contribution is 0.0885. The second-order valence-corrected chi connectivity index (χ2v) is 18.0. The average Bonchev–Trinajstić information content (AvgIpc) is 3.57. The number of nitrogens with one attached hydrogen (secondary N) is 1. The maximum atomic E-state index is 14.5. The molecule has 42 heavy (non-hydrogen) atoms. The number of aryl methyl sites for hydroxylation is 1. The minimum atomic E-state index is -1.17. The van der Waals surface area contributed by atoms with E-state index in [1.54, 1.807) is 23.1 Å². The van der Waals surface area contributed by atoms with E-state index in [1.807, 2.05) is 37.4 Å². The Balaban J connectivity index is 1.24. The molecule has 0 saturated carbocycles. The number of hydrogen-bond donors (Lipinski definition) is 1. The number of nitrogens with zero attached hydrogens (tertiary/aromatic N) is 6. The first-order valence-corrected chi connectivity index (χ1v) is 18.3. The highest BCUT2D eigenvalue weighted by molar-refractivity contribution is 6.76. The van der Waals surface area contributed by atoms with Crippen LogP contribution in [-0.2, 0) is 11.5 Å². The monoisotopic (exact) mass is 607 g/mol. The second kappa shape index (κ2) is 11.7. The molecule has 12 heteroatoms. The molecule has 1 aliphatic rings. The van der Waals surface area contributed by atoms with Crippen molar-refractivity contribution in [3.05, 3.63) is 59.8 Å². The van der Waals surface area contributed by atoms with E-state index in [0.29, 0.717) is 52.9 Å². The van der Waals surface area contributed by atoms with Gasteiger partial charge in [0.2, 0.25) is 0 Å². The quantitative estimate of drug-likeness (QED) is 0.146. The van der Waals surface area contributed by atoms with E-state index in [4.69, 9.17) is 26.1 Å². The molecule has 5 aromatic rings. The van der Waals surface area contributed by atoms with Crippen LogP contribution in [-0.4, -0.2) is 63.2 Å². The van der Waals surface area contributed by atoms with Crippen molar-refractivity contribution in [3.63, 3.8) is 0 Å². The molecule has 1 aliphatic heterocycles. The molecule has 0 bridgehead atoms. The summed E-state index contributed by atoms with van der Waals surface area (Å²) in [5, 5.41) is 7.85. The second-order valence-electron chi connectivity index (χ2n) is 12.0. The third kappa shape index (κ3) is 6.05. The van der Waals surface area contributed by atoms with Crippen molar-refractivity contribution in [2.75, 3.05) is 19.7 Å². The Kier molecular flexibility index (Phi) is 8.01. The van der Waals surface area contributed by atoms with Crippen molar-refractivity contribution < 1.29 is 13.9 Å². The summed E-state index contributed by atoms with van der Waals surface area (Å²) in [7, 11) is -1.17. The molecule has 1 fully saturated rings. The van der Waals surface area contributed by atoms with E-state index in [0.717, 1.165) is 41.6 Å². The fraction of sp³-hybridized carbons (Fsp3) is 0.400. The zero-order chi connectivity index (χ0) is 29.4. The van der Waals surface area contributed by atoms with E-state index in [-0.39, 0.29) is 6.04 Å². The maximum absolute atomic E-state index is 14.5. The molecule has 0 aliphatic carbocycles. The molecule has 220 valence electrons. The fourth-order valence-corrected chi connectivity index (χ4v) is 6.11. The molecule has 3 aromatic heterocycles. The van der Waals surface area contributed by atoms with Gasteiger partial charge < -0.3 is 19.4 Å². The smallest absolute Gasteiger partial charge is 0.148 e. The molecular formula is C30H35ClFN7O2Si. The summed E-state index contributed by atoms with van der Waals surface area (Å²) in [6.07, 6.45) is 4.87. The van der Waals surface area contributed by atoms with Gasteiger partial charge in [-0.3, -0.25) is 9.67 Å². The third-order valence-corrected chi connectivity index (χ3v) is 9.65. The molecule has 6 rings (SSSR count). The lowest BCUT2D eigenvalue weighted by Crippen LogP contribution is -2.39. The van der Waals surface area contributed by atoms with Crippen LogP contribution >= 0.6 is 11.6 Å². The maximum Gasteiger partial charge on any atom is 0.148 e. The molecule has 0 amide bonds. The SMILES string of the molecule is Cc1nc2ccc(Oc3ccc4ncc(-c5cnn([C@H]6CCNC[C@@H]6F)c5)nc4c3Cl)cc2n1COCC[Si](C)(C)C. The molecule has 4 heterocycles. The summed E-state index contributed by atoms with van der Waals surface area (Å²) in [5.41, 5.74) is 4.31. The van der Waals surface area contributed by atoms with Gasteiger partial charge >= 0.3 is 0 Å². The van der Waals surface area contributed by atoms with E-state index in [1.165, 1.54) is 0 Å². The topological polar surface area (TPSA) is 91.9 Å². The number of hydrogen-bond acceptors (Lipinski definition) is 7. The van der Waals surface area contributed by atoms with Crippen molar-refractivity contribution in [2.24, 2.45) is 0 Å². The Morgan fingerprint density at radius 1 is 1.12 bits per heavy atom. The normalized spacial score (nSPS) is 17.8. The molecule has 1 saturated heterocycles. The van der Waals surface area contributed by atoms with Crippen LogP contribution < -0.4 is 10.1 Å². The molecule has 2 aromatic carbocycles. The van der Waals surface area contributed by atoms with Gasteiger partial charge in [-0.2, -0.15) is 5.10 Å². The Hall–Kier alpha value is -3.38. The van der Waals surface area contributed by atoms with Crippen LogP contribution in [0.3, 0.4) is 0 Å². The van der Waals surface area contributed by atoms with Gasteiger partial charge in [0.1, 0.15) is 40.8 Å². The Morgan fingerprint density at radius 3 is 2.76 bits per heavy atom. The van der Waals surface area contributed by atoms with Crippen molar-refractivity contribution in [2.45, 2.75) is 58.0 Å². The van der Waals surface area contributed by atoms with E-state index in [9.17, 15) is 4.39 Å². The average molecular weight is 608 g/mol. The zero-order valence-electron chi connectivity index (χ0n) is 24.3. The number of imidazole rings is 1. The first-order valence-electron chi connectivity index (χ1n) is 14.2. The lowest BCUT2D eigenvalue weighted by Gasteiger charge is -2.26. The standard InChI is InChI=1S/C30H35ClFN7O2Si/c1-19-36-23-6-5-21(13-27(23)38(19)18-40-11-12-42(2,3)4)41-28-8-7-24-30(29(28)31)37-25(16-34-24)20-14-35-39(17-20)26-9-10-33-15-22(26)32/h5-8,13-14,16-17,22,26,33H,9-12,15,18H2,1-4H3/t22-,26-/m0/s1. The van der Waals surface area contributed by atoms with Crippen LogP contribution in [0.25, 0.3) is 33.3 Å². The Bertz CT molecular complexity index is 1730. The van der Waals surface area contributed by atoms with E-state index < -0.39 is 14.2 Å². The number of halogens is 2.